The topological polar surface area (TPSA) is 86.5 Å². The molecular formula is C6H8NO5S2-. The van der Waals surface area contributed by atoms with E-state index in [4.69, 9.17) is 4.74 Å². The van der Waals surface area contributed by atoms with Crippen LogP contribution < -0.4 is 0 Å². The lowest BCUT2D eigenvalue weighted by Crippen LogP contribution is -2.19. The number of nitrogens with zero attached hydrogens (tertiary/aromatic N) is 1. The SMILES string of the molecule is CO[C@@H]1SC(S(C)(=O)=O)=C[C-]1[N+](=O)[O-]. The maximum Gasteiger partial charge on any atom is 0.142 e. The van der Waals surface area contributed by atoms with Gasteiger partial charge >= 0.3 is 0 Å². The van der Waals surface area contributed by atoms with Gasteiger partial charge in [0.2, 0.25) is 0 Å². The van der Waals surface area contributed by atoms with Gasteiger partial charge in [0.25, 0.3) is 0 Å². The normalized spacial score (nSPS) is 22.3. The van der Waals surface area contributed by atoms with Gasteiger partial charge in [0, 0.05) is 13.4 Å². The first-order valence-corrected chi connectivity index (χ1v) is 6.26. The summed E-state index contributed by atoms with van der Waals surface area (Å²) >= 11 is 0.826. The summed E-state index contributed by atoms with van der Waals surface area (Å²) in [5, 5.41) is 10.5. The van der Waals surface area contributed by atoms with Gasteiger partial charge in [-0.2, -0.15) is 11.8 Å². The summed E-state index contributed by atoms with van der Waals surface area (Å²) in [6, 6.07) is -0.238. The molecular weight excluding hydrogens is 230 g/mol. The third-order valence-corrected chi connectivity index (χ3v) is 4.56. The Kier molecular flexibility index (Phi) is 3.07. The Morgan fingerprint density at radius 1 is 1.71 bits per heavy atom. The summed E-state index contributed by atoms with van der Waals surface area (Å²) in [5.74, 6) is 0. The highest BCUT2D eigenvalue weighted by Crippen LogP contribution is 2.40. The fourth-order valence-electron chi connectivity index (χ4n) is 0.891. The van der Waals surface area contributed by atoms with E-state index in [-0.39, 0.29) is 10.3 Å². The number of hydrogen-bond acceptors (Lipinski definition) is 6. The molecule has 0 amide bonds. The van der Waals surface area contributed by atoms with Crippen molar-refractivity contribution >= 4 is 21.6 Å². The first kappa shape index (κ1) is 11.3. The lowest BCUT2D eigenvalue weighted by Gasteiger charge is -2.16. The van der Waals surface area contributed by atoms with E-state index in [1.165, 1.54) is 7.11 Å². The maximum absolute atomic E-state index is 11.1. The van der Waals surface area contributed by atoms with Crippen molar-refractivity contribution in [2.45, 2.75) is 5.44 Å². The summed E-state index contributed by atoms with van der Waals surface area (Å²) in [6.45, 7) is 0. The van der Waals surface area contributed by atoms with Crippen LogP contribution in [0.25, 0.3) is 0 Å². The zero-order chi connectivity index (χ0) is 10.9. The molecule has 0 bridgehead atoms. The van der Waals surface area contributed by atoms with Gasteiger partial charge in [-0.1, -0.05) is 0 Å². The van der Waals surface area contributed by atoms with Crippen LogP contribution in [0.2, 0.25) is 0 Å². The molecule has 1 atom stereocenters. The molecule has 80 valence electrons. The van der Waals surface area contributed by atoms with Crippen molar-refractivity contribution in [2.75, 3.05) is 13.4 Å². The molecule has 8 heteroatoms. The van der Waals surface area contributed by atoms with Gasteiger partial charge in [0.05, 0.1) is 0 Å². The molecule has 0 aromatic rings. The first-order chi connectivity index (χ1) is 6.36. The number of ether oxygens (including phenoxy) is 1. The van der Waals surface area contributed by atoms with E-state index >= 15 is 0 Å². The molecule has 1 rings (SSSR count). The molecule has 14 heavy (non-hydrogen) atoms. The molecule has 0 fully saturated rings. The summed E-state index contributed by atoms with van der Waals surface area (Å²) in [7, 11) is -2.10. The Hall–Kier alpha value is -0.730. The van der Waals surface area contributed by atoms with Crippen LogP contribution in [0.4, 0.5) is 0 Å². The molecule has 0 aromatic heterocycles. The highest BCUT2D eigenvalue weighted by atomic mass is 32.3. The van der Waals surface area contributed by atoms with Crippen LogP contribution in [-0.4, -0.2) is 32.1 Å². The molecule has 1 heterocycles. The molecule has 0 spiro atoms. The molecule has 0 saturated heterocycles. The number of rotatable bonds is 3. The summed E-state index contributed by atoms with van der Waals surface area (Å²) < 4.78 is 26.9. The van der Waals surface area contributed by atoms with Crippen LogP contribution in [0.1, 0.15) is 0 Å². The van der Waals surface area contributed by atoms with Crippen LogP contribution in [0.5, 0.6) is 0 Å². The minimum atomic E-state index is -3.39. The summed E-state index contributed by atoms with van der Waals surface area (Å²) in [5.41, 5.74) is -0.838. The van der Waals surface area contributed by atoms with Gasteiger partial charge in [-0.3, -0.25) is 10.1 Å². The highest BCUT2D eigenvalue weighted by Gasteiger charge is 2.30. The Bertz CT molecular complexity index is 374. The molecule has 1 aliphatic heterocycles. The highest BCUT2D eigenvalue weighted by molar-refractivity contribution is 8.19. The fourth-order valence-corrected chi connectivity index (χ4v) is 2.96. The minimum Gasteiger partial charge on any atom is -0.379 e. The second-order valence-corrected chi connectivity index (χ2v) is 5.95. The number of nitro groups is 1. The Labute approximate surface area is 85.4 Å². The molecule has 0 N–H and O–H groups in total. The van der Waals surface area contributed by atoms with Gasteiger partial charge in [-0.25, -0.2) is 8.42 Å². The average molecular weight is 238 g/mol. The monoisotopic (exact) mass is 238 g/mol. The van der Waals surface area contributed by atoms with Crippen LogP contribution in [0.3, 0.4) is 0 Å². The molecule has 0 unspecified atom stereocenters. The van der Waals surface area contributed by atoms with Gasteiger partial charge in [0.15, 0.2) is 0 Å². The predicted octanol–water partition coefficient (Wildman–Crippen LogP) is 0.400. The second-order valence-electron chi connectivity index (χ2n) is 2.60. The summed E-state index contributed by atoms with van der Waals surface area (Å²) in [6.07, 6.45) is 2.04. The maximum atomic E-state index is 11.1. The van der Waals surface area contributed by atoms with Crippen molar-refractivity contribution < 1.29 is 18.1 Å². The molecule has 0 aromatic carbocycles. The van der Waals surface area contributed by atoms with Gasteiger partial charge in [-0.15, -0.1) is 6.08 Å². The van der Waals surface area contributed by atoms with E-state index in [2.05, 4.69) is 0 Å². The number of sulfone groups is 1. The fraction of sp³-hybridized carbons (Fsp3) is 0.500. The molecule has 6 nitrogen and oxygen atoms in total. The molecule has 0 radical (unpaired) electrons. The number of methoxy groups -OCH3 is 1. The number of thioether (sulfide) groups is 1. The van der Waals surface area contributed by atoms with E-state index in [0.29, 0.717) is 0 Å². The van der Waals surface area contributed by atoms with E-state index in [9.17, 15) is 18.5 Å². The second kappa shape index (κ2) is 3.79. The van der Waals surface area contributed by atoms with Crippen molar-refractivity contribution in [3.05, 3.63) is 26.5 Å². The van der Waals surface area contributed by atoms with Crippen molar-refractivity contribution in [1.29, 1.82) is 0 Å². The van der Waals surface area contributed by atoms with Crippen molar-refractivity contribution in [3.63, 3.8) is 0 Å². The smallest absolute Gasteiger partial charge is 0.142 e. The van der Waals surface area contributed by atoms with Crippen LogP contribution in [0, 0.1) is 16.2 Å². The van der Waals surface area contributed by atoms with Crippen LogP contribution >= 0.6 is 11.8 Å². The van der Waals surface area contributed by atoms with Gasteiger partial charge < -0.3 is 4.74 Å². The third-order valence-electron chi connectivity index (χ3n) is 1.52. The minimum absolute atomic E-state index is 0.0314. The van der Waals surface area contributed by atoms with E-state index < -0.39 is 20.2 Å². The largest absolute Gasteiger partial charge is 0.379 e. The van der Waals surface area contributed by atoms with Crippen LogP contribution in [0.15, 0.2) is 10.3 Å². The van der Waals surface area contributed by atoms with Crippen molar-refractivity contribution in [2.24, 2.45) is 0 Å². The molecule has 0 aliphatic carbocycles. The zero-order valence-corrected chi connectivity index (χ0v) is 9.09. The zero-order valence-electron chi connectivity index (χ0n) is 7.46. The van der Waals surface area contributed by atoms with Crippen molar-refractivity contribution in [3.8, 4) is 0 Å². The standard InChI is InChI=1S/C6H8NO5S2/c1-12-6-4(7(8)9)3-5(13-6)14(2,10)11/h3,6H,1-2H3/q-1/t6-/m1/s1. The Balaban J connectivity index is 2.97. The van der Waals surface area contributed by atoms with Crippen molar-refractivity contribution in [1.82, 2.24) is 0 Å². The molecule has 0 saturated carbocycles. The summed E-state index contributed by atoms with van der Waals surface area (Å²) in [4.78, 5) is 9.84. The Morgan fingerprint density at radius 2 is 2.29 bits per heavy atom. The first-order valence-electron chi connectivity index (χ1n) is 3.48. The predicted molar refractivity (Wildman–Crippen MR) is 51.6 cm³/mol. The lowest BCUT2D eigenvalue weighted by atomic mass is 10.3. The van der Waals surface area contributed by atoms with E-state index in [1.807, 2.05) is 0 Å². The molecule has 1 aliphatic rings. The lowest BCUT2D eigenvalue weighted by molar-refractivity contribution is -0.463. The van der Waals surface area contributed by atoms with Crippen LogP contribution in [-0.2, 0) is 14.6 Å². The third kappa shape index (κ3) is 2.20. The van der Waals surface area contributed by atoms with E-state index in [1.54, 1.807) is 0 Å². The van der Waals surface area contributed by atoms with Gasteiger partial charge in [-0.05, 0) is 9.16 Å². The van der Waals surface area contributed by atoms with Gasteiger partial charge in [0.1, 0.15) is 21.3 Å². The van der Waals surface area contributed by atoms with E-state index in [0.717, 1.165) is 24.1 Å². The Morgan fingerprint density at radius 3 is 2.57 bits per heavy atom. The number of hydrogen-bond donors (Lipinski definition) is 0. The average Bonchev–Trinajstić information content (AvgIpc) is 2.45. The quantitative estimate of drug-likeness (QED) is 0.402.